The summed E-state index contributed by atoms with van der Waals surface area (Å²) in [5, 5.41) is 1.64. The summed E-state index contributed by atoms with van der Waals surface area (Å²) < 4.78 is 39.7. The second-order valence-corrected chi connectivity index (χ2v) is 8.17. The summed E-state index contributed by atoms with van der Waals surface area (Å²) in [7, 11) is -3.85. The van der Waals surface area contributed by atoms with Gasteiger partial charge in [0.1, 0.15) is 10.0 Å². The van der Waals surface area contributed by atoms with Gasteiger partial charge < -0.3 is 0 Å². The second-order valence-electron chi connectivity index (χ2n) is 5.31. The third kappa shape index (κ3) is 2.55. The number of hydrogen-bond donors (Lipinski definition) is 1. The number of amides is 1. The van der Waals surface area contributed by atoms with E-state index in [1.165, 1.54) is 18.2 Å². The first-order chi connectivity index (χ1) is 10.4. The van der Waals surface area contributed by atoms with Crippen molar-refractivity contribution in [2.45, 2.75) is 28.9 Å². The molecule has 0 atom stereocenters. The fourth-order valence-corrected chi connectivity index (χ4v) is 4.68. The molecule has 0 saturated heterocycles. The number of nitrogens with one attached hydrogen (secondary N) is 1. The lowest BCUT2D eigenvalue weighted by Gasteiger charge is -2.40. The van der Waals surface area contributed by atoms with Crippen LogP contribution in [0.15, 0.2) is 46.0 Å². The average molecular weight is 339 g/mol. The molecule has 7 heteroatoms. The first kappa shape index (κ1) is 15.2. The van der Waals surface area contributed by atoms with Gasteiger partial charge in [-0.2, -0.15) is 0 Å². The van der Waals surface area contributed by atoms with E-state index in [1.54, 1.807) is 23.6 Å². The molecule has 0 aliphatic heterocycles. The quantitative estimate of drug-likeness (QED) is 0.932. The summed E-state index contributed by atoms with van der Waals surface area (Å²) in [6.45, 7) is 0. The number of hydrogen-bond acceptors (Lipinski definition) is 4. The maximum Gasteiger partial charge on any atom is 0.273 e. The van der Waals surface area contributed by atoms with Crippen LogP contribution in [-0.2, 0) is 20.2 Å². The molecule has 116 valence electrons. The minimum Gasteiger partial charge on any atom is -0.273 e. The highest BCUT2D eigenvalue weighted by atomic mass is 32.2. The highest BCUT2D eigenvalue weighted by Crippen LogP contribution is 2.44. The van der Waals surface area contributed by atoms with Crippen LogP contribution in [-0.4, -0.2) is 14.3 Å². The first-order valence-electron chi connectivity index (χ1n) is 6.81. The second kappa shape index (κ2) is 5.48. The van der Waals surface area contributed by atoms with Gasteiger partial charge in [0, 0.05) is 0 Å². The van der Waals surface area contributed by atoms with Crippen molar-refractivity contribution < 1.29 is 17.6 Å². The van der Waals surface area contributed by atoms with Crippen molar-refractivity contribution in [3.8, 4) is 0 Å². The van der Waals surface area contributed by atoms with Gasteiger partial charge in [0.15, 0.2) is 0 Å². The summed E-state index contributed by atoms with van der Waals surface area (Å²) in [6.07, 6.45) is 1.96. The van der Waals surface area contributed by atoms with Crippen LogP contribution in [0.25, 0.3) is 0 Å². The molecule has 1 aliphatic rings. The summed E-state index contributed by atoms with van der Waals surface area (Å²) in [6, 6.07) is 8.74. The molecule has 1 aromatic heterocycles. The normalized spacial score (nSPS) is 16.8. The Morgan fingerprint density at radius 3 is 2.36 bits per heavy atom. The van der Waals surface area contributed by atoms with Crippen molar-refractivity contribution >= 4 is 27.3 Å². The summed E-state index contributed by atoms with van der Waals surface area (Å²) in [4.78, 5) is 12.6. The molecule has 0 bridgehead atoms. The lowest BCUT2D eigenvalue weighted by molar-refractivity contribution is -0.128. The van der Waals surface area contributed by atoms with Gasteiger partial charge in [-0.15, -0.1) is 11.3 Å². The van der Waals surface area contributed by atoms with Gasteiger partial charge in [-0.05, 0) is 42.0 Å². The van der Waals surface area contributed by atoms with Crippen molar-refractivity contribution in [3.63, 3.8) is 0 Å². The molecule has 1 aliphatic carbocycles. The Kier molecular flexibility index (Phi) is 3.78. The van der Waals surface area contributed by atoms with E-state index in [-0.39, 0.29) is 10.0 Å². The molecule has 1 aromatic carbocycles. The van der Waals surface area contributed by atoms with Gasteiger partial charge in [-0.3, -0.25) is 4.79 Å². The maximum atomic E-state index is 13.1. The Hall–Kier alpha value is -1.73. The number of sulfonamides is 1. The molecule has 1 saturated carbocycles. The smallest absolute Gasteiger partial charge is 0.273 e. The van der Waals surface area contributed by atoms with Gasteiger partial charge in [0.2, 0.25) is 5.91 Å². The van der Waals surface area contributed by atoms with E-state index in [9.17, 15) is 17.6 Å². The number of rotatable bonds is 4. The lowest BCUT2D eigenvalue weighted by atomic mass is 9.64. The molecule has 22 heavy (non-hydrogen) atoms. The summed E-state index contributed by atoms with van der Waals surface area (Å²) in [5.74, 6) is -0.927. The van der Waals surface area contributed by atoms with E-state index in [4.69, 9.17) is 0 Å². The number of thiophene rings is 1. The molecule has 1 heterocycles. The molecule has 0 radical (unpaired) electrons. The molecule has 0 spiro atoms. The molecular weight excluding hydrogens is 325 g/mol. The Labute approximate surface area is 132 Å². The first-order valence-corrected chi connectivity index (χ1v) is 9.17. The Morgan fingerprint density at radius 1 is 1.18 bits per heavy atom. The third-order valence-electron chi connectivity index (χ3n) is 4.03. The van der Waals surface area contributed by atoms with Crippen LogP contribution in [0.3, 0.4) is 0 Å². The Balaban J connectivity index is 1.88. The van der Waals surface area contributed by atoms with E-state index in [1.807, 2.05) is 0 Å². The van der Waals surface area contributed by atoms with E-state index in [0.29, 0.717) is 18.4 Å². The van der Waals surface area contributed by atoms with Crippen molar-refractivity contribution in [2.24, 2.45) is 0 Å². The van der Waals surface area contributed by atoms with Crippen LogP contribution < -0.4 is 4.72 Å². The molecular formula is C15H14FNO3S2. The fraction of sp³-hybridized carbons (Fsp3) is 0.267. The fourth-order valence-electron chi connectivity index (χ4n) is 2.63. The molecule has 1 fully saturated rings. The molecule has 0 unspecified atom stereocenters. The minimum absolute atomic E-state index is 0.106. The van der Waals surface area contributed by atoms with Crippen LogP contribution in [0, 0.1) is 5.82 Å². The zero-order valence-electron chi connectivity index (χ0n) is 11.6. The van der Waals surface area contributed by atoms with Crippen molar-refractivity contribution in [1.82, 2.24) is 4.72 Å². The summed E-state index contributed by atoms with van der Waals surface area (Å²) in [5.41, 5.74) is -0.225. The van der Waals surface area contributed by atoms with Gasteiger partial charge in [-0.1, -0.05) is 24.6 Å². The monoisotopic (exact) mass is 339 g/mol. The predicted molar refractivity (Wildman–Crippen MR) is 81.6 cm³/mol. The zero-order chi connectivity index (χ0) is 15.8. The largest absolute Gasteiger partial charge is 0.273 e. The van der Waals surface area contributed by atoms with Gasteiger partial charge >= 0.3 is 0 Å². The number of benzene rings is 1. The van der Waals surface area contributed by atoms with Crippen LogP contribution in [0.2, 0.25) is 0 Å². The van der Waals surface area contributed by atoms with Gasteiger partial charge in [-0.25, -0.2) is 17.5 Å². The highest BCUT2D eigenvalue weighted by Gasteiger charge is 2.47. The van der Waals surface area contributed by atoms with Crippen LogP contribution in [0.5, 0.6) is 0 Å². The molecule has 4 nitrogen and oxygen atoms in total. The van der Waals surface area contributed by atoms with E-state index in [0.717, 1.165) is 17.8 Å². The van der Waals surface area contributed by atoms with Crippen LogP contribution in [0.4, 0.5) is 4.39 Å². The van der Waals surface area contributed by atoms with E-state index >= 15 is 0 Å². The molecule has 1 N–H and O–H groups in total. The minimum atomic E-state index is -3.85. The highest BCUT2D eigenvalue weighted by molar-refractivity contribution is 7.92. The van der Waals surface area contributed by atoms with Crippen LogP contribution in [0.1, 0.15) is 24.8 Å². The molecule has 1 amide bonds. The van der Waals surface area contributed by atoms with Gasteiger partial charge in [0.05, 0.1) is 5.41 Å². The van der Waals surface area contributed by atoms with Crippen molar-refractivity contribution in [1.29, 1.82) is 0 Å². The Morgan fingerprint density at radius 2 is 1.86 bits per heavy atom. The standard InChI is InChI=1S/C15H14FNO3S2/c16-12-6-4-11(5-7-12)15(8-2-9-15)14(18)17-22(19,20)13-3-1-10-21-13/h1,3-7,10H,2,8-9H2,(H,17,18). The number of carbonyl (C=O) groups excluding carboxylic acids is 1. The zero-order valence-corrected chi connectivity index (χ0v) is 13.2. The predicted octanol–water partition coefficient (Wildman–Crippen LogP) is 2.81. The summed E-state index contributed by atoms with van der Waals surface area (Å²) >= 11 is 1.05. The third-order valence-corrected chi connectivity index (χ3v) is 6.75. The molecule has 2 aromatic rings. The topological polar surface area (TPSA) is 63.2 Å². The van der Waals surface area contributed by atoms with Crippen molar-refractivity contribution in [3.05, 3.63) is 53.2 Å². The Bertz CT molecular complexity index is 779. The lowest BCUT2D eigenvalue weighted by Crippen LogP contribution is -2.50. The van der Waals surface area contributed by atoms with Crippen LogP contribution >= 0.6 is 11.3 Å². The molecule has 3 rings (SSSR count). The SMILES string of the molecule is O=C(NS(=O)(=O)c1cccs1)C1(c2ccc(F)cc2)CCC1. The van der Waals surface area contributed by atoms with Crippen molar-refractivity contribution in [2.75, 3.05) is 0 Å². The van der Waals surface area contributed by atoms with E-state index in [2.05, 4.69) is 4.72 Å². The van der Waals surface area contributed by atoms with E-state index < -0.39 is 21.3 Å². The average Bonchev–Trinajstić information content (AvgIpc) is 2.94. The van der Waals surface area contributed by atoms with Gasteiger partial charge in [0.25, 0.3) is 10.0 Å². The maximum absolute atomic E-state index is 13.1. The number of carbonyl (C=O) groups is 1. The number of halogens is 1.